The molecule has 0 aliphatic heterocycles. The maximum absolute atomic E-state index is 12.7. The van der Waals surface area contributed by atoms with E-state index in [9.17, 15) is 8.78 Å². The van der Waals surface area contributed by atoms with Crippen molar-refractivity contribution in [2.75, 3.05) is 6.61 Å². The van der Waals surface area contributed by atoms with Crippen molar-refractivity contribution in [1.82, 2.24) is 0 Å². The van der Waals surface area contributed by atoms with Crippen molar-refractivity contribution >= 4 is 17.3 Å². The Kier molecular flexibility index (Phi) is 3.31. The molecular formula is C9H8F2OS. The Balaban J connectivity index is 2.94. The maximum Gasteiger partial charge on any atom is 0.191 e. The third-order valence-corrected chi connectivity index (χ3v) is 1.73. The van der Waals surface area contributed by atoms with Gasteiger partial charge in [-0.05, 0) is 31.3 Å². The average molecular weight is 202 g/mol. The predicted octanol–water partition coefficient (Wildman–Crippen LogP) is 2.68. The van der Waals surface area contributed by atoms with Crippen LogP contribution in [0.15, 0.2) is 18.2 Å². The highest BCUT2D eigenvalue weighted by molar-refractivity contribution is 7.80. The first kappa shape index (κ1) is 10.1. The fourth-order valence-corrected chi connectivity index (χ4v) is 1.12. The minimum Gasteiger partial charge on any atom is -0.483 e. The lowest BCUT2D eigenvalue weighted by atomic mass is 10.2. The first-order valence-electron chi connectivity index (χ1n) is 3.76. The zero-order valence-electron chi connectivity index (χ0n) is 7.01. The number of halogens is 2. The zero-order chi connectivity index (χ0) is 9.84. The summed E-state index contributed by atoms with van der Waals surface area (Å²) in [4.78, 5) is 0. The van der Waals surface area contributed by atoms with Crippen LogP contribution in [0.25, 0.3) is 0 Å². The van der Waals surface area contributed by atoms with Crippen molar-refractivity contribution in [2.45, 2.75) is 6.92 Å². The van der Waals surface area contributed by atoms with Crippen LogP contribution in [0.1, 0.15) is 12.5 Å². The number of hydrogen-bond donors (Lipinski definition) is 0. The third-order valence-electron chi connectivity index (χ3n) is 1.37. The van der Waals surface area contributed by atoms with Gasteiger partial charge in [0.25, 0.3) is 0 Å². The topological polar surface area (TPSA) is 9.23 Å². The molecule has 0 amide bonds. The van der Waals surface area contributed by atoms with Gasteiger partial charge < -0.3 is 4.74 Å². The van der Waals surface area contributed by atoms with Gasteiger partial charge in [0.1, 0.15) is 11.6 Å². The largest absolute Gasteiger partial charge is 0.483 e. The van der Waals surface area contributed by atoms with Crippen LogP contribution in [0.2, 0.25) is 0 Å². The van der Waals surface area contributed by atoms with Gasteiger partial charge in [0, 0.05) is 11.6 Å². The van der Waals surface area contributed by atoms with Gasteiger partial charge in [-0.25, -0.2) is 8.78 Å². The predicted molar refractivity (Wildman–Crippen MR) is 49.7 cm³/mol. The summed E-state index contributed by atoms with van der Waals surface area (Å²) in [5.41, 5.74) is 0.259. The molecule has 13 heavy (non-hydrogen) atoms. The normalized spacial score (nSPS) is 9.77. The minimum absolute atomic E-state index is 0.112. The van der Waals surface area contributed by atoms with E-state index in [1.807, 2.05) is 0 Å². The summed E-state index contributed by atoms with van der Waals surface area (Å²) in [5.74, 6) is -1.31. The van der Waals surface area contributed by atoms with Gasteiger partial charge in [-0.2, -0.15) is 0 Å². The van der Waals surface area contributed by atoms with E-state index < -0.39 is 11.6 Å². The number of benzene rings is 1. The van der Waals surface area contributed by atoms with E-state index in [1.54, 1.807) is 6.92 Å². The van der Waals surface area contributed by atoms with Crippen LogP contribution in [0.3, 0.4) is 0 Å². The molecule has 0 saturated carbocycles. The van der Waals surface area contributed by atoms with Crippen LogP contribution in [-0.4, -0.2) is 11.7 Å². The van der Waals surface area contributed by atoms with Crippen molar-refractivity contribution in [1.29, 1.82) is 0 Å². The molecule has 0 aromatic heterocycles. The Morgan fingerprint density at radius 1 is 1.31 bits per heavy atom. The first-order chi connectivity index (χ1) is 6.13. The van der Waals surface area contributed by atoms with E-state index in [-0.39, 0.29) is 10.6 Å². The average Bonchev–Trinajstić information content (AvgIpc) is 2.03. The molecular weight excluding hydrogens is 194 g/mol. The SMILES string of the molecule is CCOC(=S)c1cc(F)cc(F)c1. The summed E-state index contributed by atoms with van der Waals surface area (Å²) in [7, 11) is 0. The van der Waals surface area contributed by atoms with Crippen LogP contribution >= 0.6 is 12.2 Å². The lowest BCUT2D eigenvalue weighted by Crippen LogP contribution is -2.03. The molecule has 0 heterocycles. The summed E-state index contributed by atoms with van der Waals surface area (Å²) >= 11 is 4.78. The summed E-state index contributed by atoms with van der Waals surface area (Å²) in [6.45, 7) is 2.14. The molecule has 0 aliphatic carbocycles. The van der Waals surface area contributed by atoms with E-state index in [1.165, 1.54) is 0 Å². The molecule has 1 rings (SSSR count). The molecule has 0 saturated heterocycles. The second-order valence-corrected chi connectivity index (χ2v) is 2.75. The number of hydrogen-bond acceptors (Lipinski definition) is 2. The highest BCUT2D eigenvalue weighted by atomic mass is 32.1. The van der Waals surface area contributed by atoms with Crippen LogP contribution in [0.4, 0.5) is 8.78 Å². The molecule has 0 spiro atoms. The molecule has 1 nitrogen and oxygen atoms in total. The van der Waals surface area contributed by atoms with Crippen molar-refractivity contribution in [3.63, 3.8) is 0 Å². The molecule has 0 aliphatic rings. The Morgan fingerprint density at radius 2 is 1.85 bits per heavy atom. The molecule has 0 unspecified atom stereocenters. The summed E-state index contributed by atoms with van der Waals surface area (Å²) in [6.07, 6.45) is 0. The molecule has 4 heteroatoms. The molecule has 0 fully saturated rings. The van der Waals surface area contributed by atoms with Gasteiger partial charge in [-0.3, -0.25) is 0 Å². The monoisotopic (exact) mass is 202 g/mol. The Labute approximate surface area is 80.3 Å². The second kappa shape index (κ2) is 4.28. The zero-order valence-corrected chi connectivity index (χ0v) is 7.83. The van der Waals surface area contributed by atoms with E-state index in [0.29, 0.717) is 6.61 Å². The van der Waals surface area contributed by atoms with Crippen LogP contribution < -0.4 is 0 Å². The fraction of sp³-hybridized carbons (Fsp3) is 0.222. The van der Waals surface area contributed by atoms with Crippen molar-refractivity contribution in [3.8, 4) is 0 Å². The molecule has 0 bridgehead atoms. The molecule has 1 aromatic rings. The lowest BCUT2D eigenvalue weighted by Gasteiger charge is -2.04. The quantitative estimate of drug-likeness (QED) is 0.682. The summed E-state index contributed by atoms with van der Waals surface area (Å²) in [5, 5.41) is 0.112. The van der Waals surface area contributed by atoms with Crippen molar-refractivity contribution in [3.05, 3.63) is 35.4 Å². The Bertz CT molecular complexity index is 305. The van der Waals surface area contributed by atoms with E-state index in [4.69, 9.17) is 17.0 Å². The van der Waals surface area contributed by atoms with Gasteiger partial charge in [0.2, 0.25) is 0 Å². The summed E-state index contributed by atoms with van der Waals surface area (Å²) < 4.78 is 30.3. The van der Waals surface area contributed by atoms with E-state index in [2.05, 4.69) is 0 Å². The maximum atomic E-state index is 12.7. The molecule has 0 N–H and O–H groups in total. The third kappa shape index (κ3) is 2.73. The fourth-order valence-electron chi connectivity index (χ4n) is 0.886. The van der Waals surface area contributed by atoms with Crippen LogP contribution in [-0.2, 0) is 4.74 Å². The highest BCUT2D eigenvalue weighted by Crippen LogP contribution is 2.09. The molecule has 0 radical (unpaired) electrons. The molecule has 0 atom stereocenters. The van der Waals surface area contributed by atoms with Gasteiger partial charge in [-0.15, -0.1) is 0 Å². The van der Waals surface area contributed by atoms with Gasteiger partial charge in [-0.1, -0.05) is 0 Å². The smallest absolute Gasteiger partial charge is 0.191 e. The first-order valence-corrected chi connectivity index (χ1v) is 4.17. The number of ether oxygens (including phenoxy) is 1. The standard InChI is InChI=1S/C9H8F2OS/c1-2-12-9(13)6-3-7(10)5-8(11)4-6/h3-5H,2H2,1H3. The Hall–Kier alpha value is -1.03. The highest BCUT2D eigenvalue weighted by Gasteiger charge is 2.05. The van der Waals surface area contributed by atoms with E-state index >= 15 is 0 Å². The number of rotatable bonds is 2. The van der Waals surface area contributed by atoms with Crippen molar-refractivity contribution in [2.24, 2.45) is 0 Å². The lowest BCUT2D eigenvalue weighted by molar-refractivity contribution is 0.337. The van der Waals surface area contributed by atoms with Gasteiger partial charge >= 0.3 is 0 Å². The van der Waals surface area contributed by atoms with Gasteiger partial charge in [0.15, 0.2) is 5.05 Å². The van der Waals surface area contributed by atoms with Crippen LogP contribution in [0, 0.1) is 11.6 Å². The van der Waals surface area contributed by atoms with Crippen molar-refractivity contribution < 1.29 is 13.5 Å². The molecule has 1 aromatic carbocycles. The summed E-state index contributed by atoms with van der Waals surface area (Å²) in [6, 6.07) is 3.07. The molecule has 70 valence electrons. The minimum atomic E-state index is -0.656. The van der Waals surface area contributed by atoms with Crippen LogP contribution in [0.5, 0.6) is 0 Å². The Morgan fingerprint density at radius 3 is 2.31 bits per heavy atom. The number of thiocarbonyl (C=S) groups is 1. The van der Waals surface area contributed by atoms with E-state index in [0.717, 1.165) is 18.2 Å². The second-order valence-electron chi connectivity index (χ2n) is 2.38. The van der Waals surface area contributed by atoms with Gasteiger partial charge in [0.05, 0.1) is 6.61 Å².